The van der Waals surface area contributed by atoms with Crippen LogP contribution in [-0.2, 0) is 9.59 Å². The largest absolute Gasteiger partial charge is 0.359 e. The van der Waals surface area contributed by atoms with Crippen molar-refractivity contribution in [3.8, 4) is 0 Å². The van der Waals surface area contributed by atoms with Crippen LogP contribution in [0, 0.1) is 11.8 Å². The zero-order valence-corrected chi connectivity index (χ0v) is 13.8. The summed E-state index contributed by atoms with van der Waals surface area (Å²) in [6.07, 6.45) is 3.89. The van der Waals surface area contributed by atoms with E-state index in [9.17, 15) is 9.59 Å². The summed E-state index contributed by atoms with van der Waals surface area (Å²) >= 11 is 0. The molecule has 1 fully saturated rings. The molecule has 0 aromatic heterocycles. The fraction of sp³-hybridized carbons (Fsp3) is 0.857. The van der Waals surface area contributed by atoms with Gasteiger partial charge in [-0.15, -0.1) is 12.4 Å². The van der Waals surface area contributed by atoms with E-state index in [-0.39, 0.29) is 36.1 Å². The first-order valence-corrected chi connectivity index (χ1v) is 7.05. The number of nitrogens with one attached hydrogen (secondary N) is 1. The van der Waals surface area contributed by atoms with Crippen LogP contribution < -0.4 is 11.1 Å². The Morgan fingerprint density at radius 2 is 2.05 bits per heavy atom. The zero-order chi connectivity index (χ0) is 14.6. The highest BCUT2D eigenvalue weighted by molar-refractivity contribution is 5.85. The minimum absolute atomic E-state index is 0. The predicted molar refractivity (Wildman–Crippen MR) is 82.7 cm³/mol. The molecule has 6 heteroatoms. The van der Waals surface area contributed by atoms with Gasteiger partial charge in [0.25, 0.3) is 0 Å². The van der Waals surface area contributed by atoms with E-state index in [0.717, 1.165) is 25.7 Å². The van der Waals surface area contributed by atoms with Crippen molar-refractivity contribution >= 4 is 24.2 Å². The molecule has 0 saturated heterocycles. The lowest BCUT2D eigenvalue weighted by atomic mass is 9.74. The summed E-state index contributed by atoms with van der Waals surface area (Å²) in [5.41, 5.74) is 5.83. The molecule has 20 heavy (non-hydrogen) atoms. The summed E-state index contributed by atoms with van der Waals surface area (Å²) in [5.74, 6) is -0.297. The lowest BCUT2D eigenvalue weighted by Crippen LogP contribution is -2.53. The topological polar surface area (TPSA) is 75.4 Å². The number of carbonyl (C=O) groups excluding carboxylic acids is 2. The fourth-order valence-electron chi connectivity index (χ4n) is 2.86. The smallest absolute Gasteiger partial charge is 0.227 e. The molecule has 3 N–H and O–H groups in total. The zero-order valence-electron chi connectivity index (χ0n) is 12.9. The van der Waals surface area contributed by atoms with E-state index in [0.29, 0.717) is 6.54 Å². The van der Waals surface area contributed by atoms with Gasteiger partial charge in [-0.3, -0.25) is 9.59 Å². The minimum Gasteiger partial charge on any atom is -0.359 e. The Morgan fingerprint density at radius 1 is 1.45 bits per heavy atom. The van der Waals surface area contributed by atoms with Gasteiger partial charge >= 0.3 is 0 Å². The van der Waals surface area contributed by atoms with Gasteiger partial charge in [0.15, 0.2) is 0 Å². The van der Waals surface area contributed by atoms with E-state index in [1.807, 2.05) is 13.8 Å². The highest BCUT2D eigenvalue weighted by atomic mass is 35.5. The number of hydrogen-bond acceptors (Lipinski definition) is 3. The van der Waals surface area contributed by atoms with Crippen LogP contribution in [0.5, 0.6) is 0 Å². The van der Waals surface area contributed by atoms with Gasteiger partial charge in [-0.2, -0.15) is 0 Å². The van der Waals surface area contributed by atoms with Crippen LogP contribution in [0.2, 0.25) is 0 Å². The van der Waals surface area contributed by atoms with Crippen molar-refractivity contribution in [2.45, 2.75) is 45.1 Å². The molecular weight excluding hydrogens is 278 g/mol. The van der Waals surface area contributed by atoms with Crippen molar-refractivity contribution in [2.75, 3.05) is 20.6 Å². The molecular formula is C14H28ClN3O2. The second-order valence-corrected chi connectivity index (χ2v) is 6.04. The van der Waals surface area contributed by atoms with Crippen LogP contribution in [0.1, 0.15) is 39.5 Å². The minimum atomic E-state index is -0.417. The van der Waals surface area contributed by atoms with Crippen molar-refractivity contribution in [1.82, 2.24) is 10.2 Å². The lowest BCUT2D eigenvalue weighted by Gasteiger charge is -2.39. The van der Waals surface area contributed by atoms with E-state index in [1.165, 1.54) is 0 Å². The maximum Gasteiger partial charge on any atom is 0.227 e. The molecule has 0 aliphatic heterocycles. The molecule has 0 bridgehead atoms. The van der Waals surface area contributed by atoms with Crippen LogP contribution in [0.4, 0.5) is 0 Å². The Balaban J connectivity index is 0.00000361. The molecule has 118 valence electrons. The Bertz CT molecular complexity index is 347. The van der Waals surface area contributed by atoms with Gasteiger partial charge in [0.05, 0.1) is 11.8 Å². The van der Waals surface area contributed by atoms with E-state index in [2.05, 4.69) is 5.32 Å². The molecule has 1 saturated carbocycles. The van der Waals surface area contributed by atoms with Crippen molar-refractivity contribution in [1.29, 1.82) is 0 Å². The molecule has 0 spiro atoms. The van der Waals surface area contributed by atoms with Gasteiger partial charge in [0, 0.05) is 26.2 Å². The van der Waals surface area contributed by atoms with Crippen LogP contribution >= 0.6 is 12.4 Å². The first-order chi connectivity index (χ1) is 8.79. The maximum absolute atomic E-state index is 12.5. The van der Waals surface area contributed by atoms with E-state index in [1.54, 1.807) is 19.0 Å². The molecule has 0 aromatic carbocycles. The molecule has 5 nitrogen and oxygen atoms in total. The summed E-state index contributed by atoms with van der Waals surface area (Å²) in [5, 5.41) is 2.60. The molecule has 1 aliphatic carbocycles. The summed E-state index contributed by atoms with van der Waals surface area (Å²) in [6.45, 7) is 4.22. The first kappa shape index (κ1) is 19.2. The third-order valence-corrected chi connectivity index (χ3v) is 4.17. The maximum atomic E-state index is 12.5. The highest BCUT2D eigenvalue weighted by Crippen LogP contribution is 2.32. The number of nitrogens with two attached hydrogens (primary N) is 1. The van der Waals surface area contributed by atoms with Crippen molar-refractivity contribution in [3.63, 3.8) is 0 Å². The van der Waals surface area contributed by atoms with Gasteiger partial charge < -0.3 is 16.0 Å². The van der Waals surface area contributed by atoms with Crippen LogP contribution in [0.15, 0.2) is 0 Å². The number of halogens is 1. The third kappa shape index (κ3) is 4.63. The van der Waals surface area contributed by atoms with Crippen LogP contribution in [0.3, 0.4) is 0 Å². The van der Waals surface area contributed by atoms with Gasteiger partial charge in [-0.1, -0.05) is 19.8 Å². The summed E-state index contributed by atoms with van der Waals surface area (Å²) in [7, 11) is 3.37. The van der Waals surface area contributed by atoms with Crippen molar-refractivity contribution in [2.24, 2.45) is 17.6 Å². The van der Waals surface area contributed by atoms with Crippen molar-refractivity contribution < 1.29 is 9.59 Å². The number of rotatable bonds is 4. The van der Waals surface area contributed by atoms with Gasteiger partial charge in [0.2, 0.25) is 11.8 Å². The standard InChI is InChI=1S/C14H27N3O2.ClH/c1-10(12(18)16-3)9-17(4)13(19)11-7-5-6-8-14(11,2)15;/h10-11H,5-9,15H2,1-4H3,(H,16,18);1H. The molecule has 3 atom stereocenters. The fourth-order valence-corrected chi connectivity index (χ4v) is 2.86. The SMILES string of the molecule is CNC(=O)C(C)CN(C)C(=O)C1CCCCC1(C)N.Cl. The molecule has 0 heterocycles. The Labute approximate surface area is 128 Å². The second-order valence-electron chi connectivity index (χ2n) is 6.04. The summed E-state index contributed by atoms with van der Waals surface area (Å²) in [4.78, 5) is 25.6. The Hall–Kier alpha value is -0.810. The van der Waals surface area contributed by atoms with Gasteiger partial charge in [0.1, 0.15) is 0 Å². The monoisotopic (exact) mass is 305 g/mol. The molecule has 1 aliphatic rings. The number of nitrogens with zero attached hydrogens (tertiary/aromatic N) is 1. The van der Waals surface area contributed by atoms with Crippen LogP contribution in [-0.4, -0.2) is 42.9 Å². The van der Waals surface area contributed by atoms with E-state index < -0.39 is 5.54 Å². The molecule has 0 aromatic rings. The average molecular weight is 306 g/mol. The Morgan fingerprint density at radius 3 is 2.55 bits per heavy atom. The average Bonchev–Trinajstić information content (AvgIpc) is 2.36. The van der Waals surface area contributed by atoms with Gasteiger partial charge in [-0.05, 0) is 19.8 Å². The quantitative estimate of drug-likeness (QED) is 0.818. The number of carbonyl (C=O) groups is 2. The normalized spacial score (nSPS) is 27.1. The Kier molecular flexibility index (Phi) is 7.52. The third-order valence-electron chi connectivity index (χ3n) is 4.17. The first-order valence-electron chi connectivity index (χ1n) is 7.05. The summed E-state index contributed by atoms with van der Waals surface area (Å²) in [6, 6.07) is 0. The highest BCUT2D eigenvalue weighted by Gasteiger charge is 2.39. The number of hydrogen-bond donors (Lipinski definition) is 2. The second kappa shape index (κ2) is 7.84. The molecule has 3 unspecified atom stereocenters. The van der Waals surface area contributed by atoms with Gasteiger partial charge in [-0.25, -0.2) is 0 Å². The number of amides is 2. The van der Waals surface area contributed by atoms with E-state index >= 15 is 0 Å². The predicted octanol–water partition coefficient (Wildman–Crippen LogP) is 1.16. The van der Waals surface area contributed by atoms with Crippen molar-refractivity contribution in [3.05, 3.63) is 0 Å². The lowest BCUT2D eigenvalue weighted by molar-refractivity contribution is -0.138. The molecule has 0 radical (unpaired) electrons. The van der Waals surface area contributed by atoms with E-state index in [4.69, 9.17) is 5.73 Å². The summed E-state index contributed by atoms with van der Waals surface area (Å²) < 4.78 is 0. The van der Waals surface area contributed by atoms with Crippen LogP contribution in [0.25, 0.3) is 0 Å². The molecule has 2 amide bonds. The molecule has 1 rings (SSSR count).